The third-order valence-corrected chi connectivity index (χ3v) is 4.08. The van der Waals surface area contributed by atoms with E-state index in [-0.39, 0.29) is 6.10 Å². The van der Waals surface area contributed by atoms with Crippen LogP contribution in [0.25, 0.3) is 0 Å². The van der Waals surface area contributed by atoms with E-state index in [9.17, 15) is 13.5 Å². The predicted molar refractivity (Wildman–Crippen MR) is 72.9 cm³/mol. The minimum absolute atomic E-state index is 0.268. The fourth-order valence-corrected chi connectivity index (χ4v) is 2.97. The molecule has 0 saturated heterocycles. The van der Waals surface area contributed by atoms with Crippen LogP contribution in [0.2, 0.25) is 0 Å². The molecule has 1 rings (SSSR count). The number of hydrogen-bond acceptors (Lipinski definition) is 4. The van der Waals surface area contributed by atoms with Crippen LogP contribution >= 0.6 is 0 Å². The summed E-state index contributed by atoms with van der Waals surface area (Å²) in [5.74, 6) is 0.703. The van der Waals surface area contributed by atoms with E-state index in [1.165, 1.54) is 25.7 Å². The van der Waals surface area contributed by atoms with Crippen molar-refractivity contribution in [2.75, 3.05) is 25.9 Å². The van der Waals surface area contributed by atoms with Gasteiger partial charge in [0.15, 0.2) is 0 Å². The number of aliphatic hydroxyl groups is 1. The zero-order chi connectivity index (χ0) is 13.4. The number of aliphatic hydroxyl groups excluding tert-OH is 1. The van der Waals surface area contributed by atoms with Crippen molar-refractivity contribution >= 4 is 10.0 Å². The fraction of sp³-hybridized carbons (Fsp3) is 1.00. The van der Waals surface area contributed by atoms with Crippen LogP contribution in [-0.2, 0) is 10.0 Å². The molecule has 1 aliphatic carbocycles. The lowest BCUT2D eigenvalue weighted by Gasteiger charge is -2.15. The molecule has 1 unspecified atom stereocenters. The summed E-state index contributed by atoms with van der Waals surface area (Å²) >= 11 is 0. The van der Waals surface area contributed by atoms with E-state index in [1.54, 1.807) is 0 Å². The number of sulfonamides is 1. The van der Waals surface area contributed by atoms with Gasteiger partial charge in [-0.05, 0) is 25.3 Å². The normalized spacial score (nSPS) is 19.2. The van der Waals surface area contributed by atoms with Crippen LogP contribution in [0.4, 0.5) is 0 Å². The van der Waals surface area contributed by atoms with E-state index in [2.05, 4.69) is 10.0 Å². The Morgan fingerprint density at radius 3 is 2.56 bits per heavy atom. The molecule has 0 aliphatic heterocycles. The Morgan fingerprint density at radius 1 is 1.28 bits per heavy atom. The third kappa shape index (κ3) is 8.02. The van der Waals surface area contributed by atoms with Crippen LogP contribution in [0.3, 0.4) is 0 Å². The first-order chi connectivity index (χ1) is 8.47. The first-order valence-electron chi connectivity index (χ1n) is 6.81. The van der Waals surface area contributed by atoms with Crippen molar-refractivity contribution < 1.29 is 13.5 Å². The Balaban J connectivity index is 1.93. The van der Waals surface area contributed by atoms with Gasteiger partial charge < -0.3 is 10.4 Å². The van der Waals surface area contributed by atoms with Crippen molar-refractivity contribution in [1.82, 2.24) is 10.0 Å². The minimum atomic E-state index is -3.07. The largest absolute Gasteiger partial charge is 0.392 e. The molecule has 1 fully saturated rings. The Hall–Kier alpha value is -0.170. The highest BCUT2D eigenvalue weighted by Gasteiger charge is 2.18. The molecule has 0 aromatic rings. The first kappa shape index (κ1) is 15.9. The van der Waals surface area contributed by atoms with Crippen molar-refractivity contribution in [3.63, 3.8) is 0 Å². The Kier molecular flexibility index (Phi) is 7.14. The lowest BCUT2D eigenvalue weighted by atomic mass is 10.0. The monoisotopic (exact) mass is 278 g/mol. The van der Waals surface area contributed by atoms with E-state index < -0.39 is 10.0 Å². The summed E-state index contributed by atoms with van der Waals surface area (Å²) in [6, 6.07) is 0. The van der Waals surface area contributed by atoms with Crippen LogP contribution in [0.1, 0.15) is 38.5 Å². The van der Waals surface area contributed by atoms with Gasteiger partial charge in [0.05, 0.1) is 12.4 Å². The zero-order valence-corrected chi connectivity index (χ0v) is 12.0. The summed E-state index contributed by atoms with van der Waals surface area (Å²) in [7, 11) is -3.07. The fourth-order valence-electron chi connectivity index (χ4n) is 2.45. The van der Waals surface area contributed by atoms with Crippen LogP contribution in [0.15, 0.2) is 0 Å². The minimum Gasteiger partial charge on any atom is -0.392 e. The maximum atomic E-state index is 10.8. The van der Waals surface area contributed by atoms with Gasteiger partial charge in [0.1, 0.15) is 0 Å². The van der Waals surface area contributed by atoms with Crippen molar-refractivity contribution in [3.05, 3.63) is 0 Å². The van der Waals surface area contributed by atoms with Gasteiger partial charge in [-0.15, -0.1) is 0 Å². The quantitative estimate of drug-likeness (QED) is 0.535. The topological polar surface area (TPSA) is 78.4 Å². The lowest BCUT2D eigenvalue weighted by molar-refractivity contribution is 0.141. The second-order valence-corrected chi connectivity index (χ2v) is 7.10. The SMILES string of the molecule is CS(=O)(=O)NCCCNCC(O)CC1CCCC1. The molecular weight excluding hydrogens is 252 g/mol. The Morgan fingerprint density at radius 2 is 1.94 bits per heavy atom. The summed E-state index contributed by atoms with van der Waals surface area (Å²) in [6.45, 7) is 1.78. The second-order valence-electron chi connectivity index (χ2n) is 5.26. The molecule has 5 nitrogen and oxygen atoms in total. The average Bonchev–Trinajstić information content (AvgIpc) is 2.74. The van der Waals surface area contributed by atoms with Crippen molar-refractivity contribution in [1.29, 1.82) is 0 Å². The van der Waals surface area contributed by atoms with Crippen LogP contribution < -0.4 is 10.0 Å². The molecule has 108 valence electrons. The molecule has 18 heavy (non-hydrogen) atoms. The van der Waals surface area contributed by atoms with E-state index in [4.69, 9.17) is 0 Å². The number of rotatable bonds is 9. The van der Waals surface area contributed by atoms with Gasteiger partial charge in [-0.25, -0.2) is 13.1 Å². The van der Waals surface area contributed by atoms with Gasteiger partial charge in [-0.1, -0.05) is 25.7 Å². The third-order valence-electron chi connectivity index (χ3n) is 3.35. The van der Waals surface area contributed by atoms with Gasteiger partial charge in [0, 0.05) is 13.1 Å². The molecule has 0 aromatic heterocycles. The van der Waals surface area contributed by atoms with Gasteiger partial charge in [0.2, 0.25) is 10.0 Å². The first-order valence-corrected chi connectivity index (χ1v) is 8.70. The summed E-state index contributed by atoms with van der Waals surface area (Å²) in [5.41, 5.74) is 0. The molecule has 6 heteroatoms. The summed E-state index contributed by atoms with van der Waals surface area (Å²) in [4.78, 5) is 0. The average molecular weight is 278 g/mol. The van der Waals surface area contributed by atoms with E-state index in [0.29, 0.717) is 19.0 Å². The zero-order valence-electron chi connectivity index (χ0n) is 11.2. The maximum Gasteiger partial charge on any atom is 0.208 e. The second kappa shape index (κ2) is 8.09. The van der Waals surface area contributed by atoms with E-state index in [1.807, 2.05) is 0 Å². The van der Waals surface area contributed by atoms with Gasteiger partial charge in [-0.2, -0.15) is 0 Å². The lowest BCUT2D eigenvalue weighted by Crippen LogP contribution is -2.31. The smallest absolute Gasteiger partial charge is 0.208 e. The Labute approximate surface area is 110 Å². The van der Waals surface area contributed by atoms with Crippen LogP contribution in [-0.4, -0.2) is 45.5 Å². The molecule has 0 bridgehead atoms. The Bertz CT molecular complexity index is 313. The highest BCUT2D eigenvalue weighted by atomic mass is 32.2. The highest BCUT2D eigenvalue weighted by Crippen LogP contribution is 2.28. The summed E-state index contributed by atoms with van der Waals surface area (Å²) in [6.07, 6.45) is 7.66. The molecule has 0 aromatic carbocycles. The molecular formula is C12H26N2O3S. The van der Waals surface area contributed by atoms with E-state index in [0.717, 1.165) is 25.6 Å². The summed E-state index contributed by atoms with van der Waals surface area (Å²) < 4.78 is 24.0. The maximum absolute atomic E-state index is 10.8. The standard InChI is InChI=1S/C12H26N2O3S/c1-18(16,17)14-8-4-7-13-10-12(15)9-11-5-2-3-6-11/h11-15H,2-10H2,1H3. The molecule has 1 atom stereocenters. The molecule has 0 heterocycles. The number of nitrogens with one attached hydrogen (secondary N) is 2. The molecule has 0 radical (unpaired) electrons. The van der Waals surface area contributed by atoms with Crippen molar-refractivity contribution in [2.24, 2.45) is 5.92 Å². The molecule has 3 N–H and O–H groups in total. The van der Waals surface area contributed by atoms with Gasteiger partial charge in [-0.3, -0.25) is 0 Å². The number of hydrogen-bond donors (Lipinski definition) is 3. The predicted octanol–water partition coefficient (Wildman–Crippen LogP) is 0.456. The highest BCUT2D eigenvalue weighted by molar-refractivity contribution is 7.88. The van der Waals surface area contributed by atoms with Crippen molar-refractivity contribution in [3.8, 4) is 0 Å². The molecule has 1 saturated carbocycles. The summed E-state index contributed by atoms with van der Waals surface area (Å²) in [5, 5.41) is 13.0. The van der Waals surface area contributed by atoms with Crippen LogP contribution in [0.5, 0.6) is 0 Å². The van der Waals surface area contributed by atoms with Gasteiger partial charge in [0.25, 0.3) is 0 Å². The molecule has 0 amide bonds. The van der Waals surface area contributed by atoms with Crippen molar-refractivity contribution in [2.45, 2.75) is 44.6 Å². The van der Waals surface area contributed by atoms with Gasteiger partial charge >= 0.3 is 0 Å². The van der Waals surface area contributed by atoms with Crippen LogP contribution in [0, 0.1) is 5.92 Å². The molecule has 1 aliphatic rings. The van der Waals surface area contributed by atoms with E-state index >= 15 is 0 Å². The molecule has 0 spiro atoms.